The maximum Gasteiger partial charge on any atom is 0.228 e. The minimum absolute atomic E-state index is 0.0335. The maximum absolute atomic E-state index is 12.0. The summed E-state index contributed by atoms with van der Waals surface area (Å²) in [6.07, 6.45) is 2.40. The summed E-state index contributed by atoms with van der Waals surface area (Å²) in [7, 11) is 0. The Morgan fingerprint density at radius 2 is 2.04 bits per heavy atom. The number of benzene rings is 2. The summed E-state index contributed by atoms with van der Waals surface area (Å²) < 4.78 is 0. The van der Waals surface area contributed by atoms with Gasteiger partial charge in [0.15, 0.2) is 0 Å². The second kappa shape index (κ2) is 6.32. The number of amides is 2. The number of fused-ring (bicyclic) bond motifs is 1. The third-order valence-electron chi connectivity index (χ3n) is 4.86. The normalized spacial score (nSPS) is 15.3. The molecule has 1 aliphatic heterocycles. The molecular weight excluding hydrogens is 358 g/mol. The SMILES string of the molecule is O=C1Cc2cc(-c3csc(-c4cccc(NC(=O)C5CC5)c4)n3)ccc2N1. The van der Waals surface area contributed by atoms with Crippen LogP contribution in [0.3, 0.4) is 0 Å². The van der Waals surface area contributed by atoms with E-state index in [9.17, 15) is 9.59 Å². The van der Waals surface area contributed by atoms with E-state index in [0.717, 1.165) is 51.6 Å². The van der Waals surface area contributed by atoms with Crippen LogP contribution in [0.2, 0.25) is 0 Å². The zero-order valence-electron chi connectivity index (χ0n) is 14.5. The van der Waals surface area contributed by atoms with Crippen LogP contribution < -0.4 is 10.6 Å². The van der Waals surface area contributed by atoms with Gasteiger partial charge in [-0.05, 0) is 42.7 Å². The summed E-state index contributed by atoms with van der Waals surface area (Å²) >= 11 is 1.57. The Labute approximate surface area is 160 Å². The maximum atomic E-state index is 12.0. The van der Waals surface area contributed by atoms with E-state index in [1.807, 2.05) is 47.8 Å². The lowest BCUT2D eigenvalue weighted by molar-refractivity contribution is -0.117. The number of nitrogens with one attached hydrogen (secondary N) is 2. The van der Waals surface area contributed by atoms with Gasteiger partial charge in [-0.15, -0.1) is 11.3 Å². The largest absolute Gasteiger partial charge is 0.326 e. The first-order chi connectivity index (χ1) is 13.2. The highest BCUT2D eigenvalue weighted by atomic mass is 32.1. The Kier molecular flexibility index (Phi) is 3.79. The van der Waals surface area contributed by atoms with Crippen LogP contribution >= 0.6 is 11.3 Å². The van der Waals surface area contributed by atoms with Crippen molar-refractivity contribution in [3.8, 4) is 21.8 Å². The first-order valence-corrected chi connectivity index (χ1v) is 9.84. The summed E-state index contributed by atoms with van der Waals surface area (Å²) in [6.45, 7) is 0. The zero-order chi connectivity index (χ0) is 18.4. The number of hydrogen-bond donors (Lipinski definition) is 2. The lowest BCUT2D eigenvalue weighted by atomic mass is 10.1. The molecule has 2 heterocycles. The molecule has 2 aliphatic rings. The van der Waals surface area contributed by atoms with Crippen molar-refractivity contribution >= 4 is 34.5 Å². The minimum Gasteiger partial charge on any atom is -0.326 e. The summed E-state index contributed by atoms with van der Waals surface area (Å²) in [6, 6.07) is 13.7. The fraction of sp³-hybridized carbons (Fsp3) is 0.190. The molecule has 6 heteroatoms. The Hall–Kier alpha value is -2.99. The van der Waals surface area contributed by atoms with Crippen LogP contribution in [-0.4, -0.2) is 16.8 Å². The highest BCUT2D eigenvalue weighted by Gasteiger charge is 2.29. The molecular formula is C21H17N3O2S. The van der Waals surface area contributed by atoms with Crippen LogP contribution in [0.15, 0.2) is 47.8 Å². The van der Waals surface area contributed by atoms with Gasteiger partial charge in [0.05, 0.1) is 12.1 Å². The Morgan fingerprint density at radius 3 is 2.89 bits per heavy atom. The van der Waals surface area contributed by atoms with E-state index in [-0.39, 0.29) is 17.7 Å². The lowest BCUT2D eigenvalue weighted by Gasteiger charge is -2.05. The number of rotatable bonds is 4. The van der Waals surface area contributed by atoms with Gasteiger partial charge in [-0.3, -0.25) is 9.59 Å². The molecule has 134 valence electrons. The summed E-state index contributed by atoms with van der Waals surface area (Å²) in [5, 5.41) is 8.76. The molecule has 0 bridgehead atoms. The van der Waals surface area contributed by atoms with E-state index >= 15 is 0 Å². The average molecular weight is 375 g/mol. The van der Waals surface area contributed by atoms with Gasteiger partial charge in [0.2, 0.25) is 11.8 Å². The van der Waals surface area contributed by atoms with Gasteiger partial charge in [0.1, 0.15) is 5.01 Å². The van der Waals surface area contributed by atoms with Gasteiger partial charge in [-0.1, -0.05) is 18.2 Å². The Bertz CT molecular complexity index is 1070. The zero-order valence-corrected chi connectivity index (χ0v) is 15.3. The smallest absolute Gasteiger partial charge is 0.228 e. The molecule has 1 saturated carbocycles. The number of carbonyl (C=O) groups is 2. The molecule has 0 unspecified atom stereocenters. The molecule has 3 aromatic rings. The third kappa shape index (κ3) is 3.24. The molecule has 0 saturated heterocycles. The molecule has 1 aromatic heterocycles. The highest BCUT2D eigenvalue weighted by molar-refractivity contribution is 7.13. The van der Waals surface area contributed by atoms with Gasteiger partial charge in [-0.2, -0.15) is 0 Å². The van der Waals surface area contributed by atoms with Crippen molar-refractivity contribution in [1.82, 2.24) is 4.98 Å². The Morgan fingerprint density at radius 1 is 1.15 bits per heavy atom. The summed E-state index contributed by atoms with van der Waals surface area (Å²) in [5.41, 5.74) is 5.59. The van der Waals surface area contributed by atoms with E-state index in [1.165, 1.54) is 0 Å². The number of carbonyl (C=O) groups excluding carboxylic acids is 2. The monoisotopic (exact) mass is 375 g/mol. The minimum atomic E-state index is 0.0335. The van der Waals surface area contributed by atoms with Crippen molar-refractivity contribution in [3.05, 3.63) is 53.4 Å². The van der Waals surface area contributed by atoms with E-state index in [2.05, 4.69) is 10.6 Å². The summed E-state index contributed by atoms with van der Waals surface area (Å²) in [4.78, 5) is 28.3. The van der Waals surface area contributed by atoms with Gasteiger partial charge in [0.25, 0.3) is 0 Å². The van der Waals surface area contributed by atoms with Crippen LogP contribution in [0.1, 0.15) is 18.4 Å². The molecule has 0 radical (unpaired) electrons. The highest BCUT2D eigenvalue weighted by Crippen LogP contribution is 2.34. The van der Waals surface area contributed by atoms with E-state index in [4.69, 9.17) is 4.98 Å². The molecule has 1 aliphatic carbocycles. The van der Waals surface area contributed by atoms with Crippen molar-refractivity contribution in [1.29, 1.82) is 0 Å². The molecule has 2 N–H and O–H groups in total. The van der Waals surface area contributed by atoms with Crippen molar-refractivity contribution in [3.63, 3.8) is 0 Å². The fourth-order valence-corrected chi connectivity index (χ4v) is 4.07. The molecule has 2 aromatic carbocycles. The van der Waals surface area contributed by atoms with Gasteiger partial charge >= 0.3 is 0 Å². The molecule has 0 atom stereocenters. The van der Waals surface area contributed by atoms with Crippen molar-refractivity contribution < 1.29 is 9.59 Å². The van der Waals surface area contributed by atoms with Gasteiger partial charge in [-0.25, -0.2) is 4.98 Å². The summed E-state index contributed by atoms with van der Waals surface area (Å²) in [5.74, 6) is 0.320. The van der Waals surface area contributed by atoms with E-state index in [1.54, 1.807) is 11.3 Å². The topological polar surface area (TPSA) is 71.1 Å². The van der Waals surface area contributed by atoms with Gasteiger partial charge in [0, 0.05) is 33.8 Å². The third-order valence-corrected chi connectivity index (χ3v) is 5.75. The van der Waals surface area contributed by atoms with Crippen LogP contribution in [0, 0.1) is 5.92 Å². The van der Waals surface area contributed by atoms with Crippen LogP contribution in [0.5, 0.6) is 0 Å². The molecule has 27 heavy (non-hydrogen) atoms. The van der Waals surface area contributed by atoms with Crippen molar-refractivity contribution in [2.45, 2.75) is 19.3 Å². The molecule has 2 amide bonds. The Balaban J connectivity index is 1.40. The second-order valence-corrected chi connectivity index (χ2v) is 7.84. The molecule has 5 nitrogen and oxygen atoms in total. The van der Waals surface area contributed by atoms with E-state index < -0.39 is 0 Å². The first kappa shape index (κ1) is 16.2. The lowest BCUT2D eigenvalue weighted by Crippen LogP contribution is -2.13. The van der Waals surface area contributed by atoms with Gasteiger partial charge < -0.3 is 10.6 Å². The van der Waals surface area contributed by atoms with Crippen LogP contribution in [0.25, 0.3) is 21.8 Å². The number of anilines is 2. The predicted molar refractivity (Wildman–Crippen MR) is 107 cm³/mol. The van der Waals surface area contributed by atoms with Crippen LogP contribution in [-0.2, 0) is 16.0 Å². The van der Waals surface area contributed by atoms with E-state index in [0.29, 0.717) is 6.42 Å². The first-order valence-electron chi connectivity index (χ1n) is 8.96. The number of aromatic nitrogens is 1. The predicted octanol–water partition coefficient (Wildman–Crippen LogP) is 4.32. The quantitative estimate of drug-likeness (QED) is 0.713. The second-order valence-electron chi connectivity index (χ2n) is 6.98. The fourth-order valence-electron chi connectivity index (χ4n) is 3.25. The molecule has 1 fully saturated rings. The average Bonchev–Trinajstić information content (AvgIpc) is 3.28. The standard InChI is InChI=1S/C21H17N3O2S/c25-19-10-15-8-13(6-7-17(15)23-19)18-11-27-21(24-18)14-2-1-3-16(9-14)22-20(26)12-4-5-12/h1-3,6-9,11-12H,4-5,10H2,(H,22,26)(H,23,25). The molecule has 0 spiro atoms. The van der Waals surface area contributed by atoms with Crippen molar-refractivity contribution in [2.75, 3.05) is 10.6 Å². The number of hydrogen-bond acceptors (Lipinski definition) is 4. The number of thiazole rings is 1. The number of nitrogens with zero attached hydrogens (tertiary/aromatic N) is 1. The van der Waals surface area contributed by atoms with Crippen LogP contribution in [0.4, 0.5) is 11.4 Å². The van der Waals surface area contributed by atoms with Crippen molar-refractivity contribution in [2.24, 2.45) is 5.92 Å². The molecule has 5 rings (SSSR count).